The molecule has 1 N–H and O–H groups in total. The van der Waals surface area contributed by atoms with Crippen molar-refractivity contribution >= 4 is 29.2 Å². The summed E-state index contributed by atoms with van der Waals surface area (Å²) in [5.74, 6) is -1.45. The lowest BCUT2D eigenvalue weighted by molar-refractivity contribution is -0.155. The molecule has 0 heterocycles. The highest BCUT2D eigenvalue weighted by atomic mass is 35.5. The van der Waals surface area contributed by atoms with Crippen molar-refractivity contribution in [2.24, 2.45) is 0 Å². The van der Waals surface area contributed by atoms with Gasteiger partial charge >= 0.3 is 5.97 Å². The molecule has 0 aliphatic rings. The maximum atomic E-state index is 13.2. The monoisotopic (exact) mass is 301 g/mol. The zero-order valence-corrected chi connectivity index (χ0v) is 12.4. The van der Waals surface area contributed by atoms with E-state index in [9.17, 15) is 14.0 Å². The van der Waals surface area contributed by atoms with Gasteiger partial charge in [0.05, 0.1) is 11.4 Å². The molecule has 0 saturated carbocycles. The van der Waals surface area contributed by atoms with Crippen molar-refractivity contribution in [3.8, 4) is 0 Å². The third-order valence-electron chi connectivity index (χ3n) is 2.18. The minimum Gasteiger partial charge on any atom is -0.460 e. The predicted octanol–water partition coefficient (Wildman–Crippen LogP) is 3.54. The summed E-state index contributed by atoms with van der Waals surface area (Å²) in [6.45, 7) is 5.25. The fraction of sp³-hybridized carbons (Fsp3) is 0.429. The van der Waals surface area contributed by atoms with Gasteiger partial charge in [-0.15, -0.1) is 0 Å². The number of anilines is 1. The first-order valence-corrected chi connectivity index (χ1v) is 6.52. The standard InChI is InChI=1S/C14H17ClFNO3/c1-14(2,3)20-13(19)7-6-12(18)17-9-4-5-10(15)11(16)8-9/h4-5,8H,6-7H2,1-3H3,(H,17,18). The van der Waals surface area contributed by atoms with Crippen LogP contribution in [0.1, 0.15) is 33.6 Å². The molecule has 0 atom stereocenters. The Morgan fingerprint density at radius 3 is 2.50 bits per heavy atom. The van der Waals surface area contributed by atoms with Gasteiger partial charge in [0.15, 0.2) is 0 Å². The van der Waals surface area contributed by atoms with Gasteiger partial charge in [-0.1, -0.05) is 11.6 Å². The number of benzene rings is 1. The van der Waals surface area contributed by atoms with E-state index in [-0.39, 0.29) is 17.9 Å². The Labute approximate surface area is 122 Å². The second-order valence-electron chi connectivity index (χ2n) is 5.26. The number of hydrogen-bond acceptors (Lipinski definition) is 3. The van der Waals surface area contributed by atoms with Crippen LogP contribution in [0.3, 0.4) is 0 Å². The summed E-state index contributed by atoms with van der Waals surface area (Å²) in [6.07, 6.45) is -0.0572. The number of carbonyl (C=O) groups is 2. The number of halogens is 2. The maximum Gasteiger partial charge on any atom is 0.306 e. The van der Waals surface area contributed by atoms with Crippen molar-refractivity contribution in [1.82, 2.24) is 0 Å². The molecule has 110 valence electrons. The highest BCUT2D eigenvalue weighted by molar-refractivity contribution is 6.30. The molecule has 0 aromatic heterocycles. The van der Waals surface area contributed by atoms with Gasteiger partial charge in [0, 0.05) is 12.1 Å². The topological polar surface area (TPSA) is 55.4 Å². The van der Waals surface area contributed by atoms with Crippen LogP contribution >= 0.6 is 11.6 Å². The van der Waals surface area contributed by atoms with Gasteiger partial charge in [-0.05, 0) is 39.0 Å². The SMILES string of the molecule is CC(C)(C)OC(=O)CCC(=O)Nc1ccc(Cl)c(F)c1. The molecule has 1 amide bonds. The molecule has 0 unspecified atom stereocenters. The molecule has 0 radical (unpaired) electrons. The summed E-state index contributed by atoms with van der Waals surface area (Å²) >= 11 is 5.53. The first-order chi connectivity index (χ1) is 9.17. The van der Waals surface area contributed by atoms with Crippen LogP contribution in [0.15, 0.2) is 18.2 Å². The molecule has 0 fully saturated rings. The van der Waals surface area contributed by atoms with Crippen LogP contribution < -0.4 is 5.32 Å². The van der Waals surface area contributed by atoms with Crippen LogP contribution in [0.2, 0.25) is 5.02 Å². The van der Waals surface area contributed by atoms with E-state index in [1.165, 1.54) is 12.1 Å². The predicted molar refractivity (Wildman–Crippen MR) is 75.1 cm³/mol. The van der Waals surface area contributed by atoms with E-state index in [0.717, 1.165) is 6.07 Å². The summed E-state index contributed by atoms with van der Waals surface area (Å²) in [5, 5.41) is 2.47. The second-order valence-corrected chi connectivity index (χ2v) is 5.67. The largest absolute Gasteiger partial charge is 0.460 e. The van der Waals surface area contributed by atoms with Gasteiger partial charge in [-0.3, -0.25) is 9.59 Å². The maximum absolute atomic E-state index is 13.2. The Balaban J connectivity index is 2.44. The Morgan fingerprint density at radius 1 is 1.30 bits per heavy atom. The van der Waals surface area contributed by atoms with E-state index in [0.29, 0.717) is 5.69 Å². The smallest absolute Gasteiger partial charge is 0.306 e. The van der Waals surface area contributed by atoms with Crippen molar-refractivity contribution in [3.63, 3.8) is 0 Å². The number of esters is 1. The van der Waals surface area contributed by atoms with Gasteiger partial charge in [-0.25, -0.2) is 4.39 Å². The van der Waals surface area contributed by atoms with E-state index < -0.39 is 23.3 Å². The van der Waals surface area contributed by atoms with Crippen LogP contribution in [0.25, 0.3) is 0 Å². The fourth-order valence-electron chi connectivity index (χ4n) is 1.41. The van der Waals surface area contributed by atoms with Gasteiger partial charge in [0.1, 0.15) is 11.4 Å². The molecule has 0 aliphatic heterocycles. The molecule has 0 spiro atoms. The molecule has 1 aromatic carbocycles. The number of nitrogens with one attached hydrogen (secondary N) is 1. The summed E-state index contributed by atoms with van der Waals surface area (Å²) in [7, 11) is 0. The average Bonchev–Trinajstić information content (AvgIpc) is 2.29. The second kappa shape index (κ2) is 6.70. The highest BCUT2D eigenvalue weighted by Gasteiger charge is 2.17. The summed E-state index contributed by atoms with van der Waals surface area (Å²) in [6, 6.07) is 3.95. The number of hydrogen-bond donors (Lipinski definition) is 1. The van der Waals surface area contributed by atoms with Crippen molar-refractivity contribution in [2.75, 3.05) is 5.32 Å². The highest BCUT2D eigenvalue weighted by Crippen LogP contribution is 2.19. The third-order valence-corrected chi connectivity index (χ3v) is 2.49. The summed E-state index contributed by atoms with van der Waals surface area (Å²) in [5.41, 5.74) is -0.284. The Hall–Kier alpha value is -1.62. The van der Waals surface area contributed by atoms with E-state index >= 15 is 0 Å². The molecule has 6 heteroatoms. The van der Waals surface area contributed by atoms with Gasteiger partial charge in [-0.2, -0.15) is 0 Å². The number of amides is 1. The fourth-order valence-corrected chi connectivity index (χ4v) is 1.52. The summed E-state index contributed by atoms with van der Waals surface area (Å²) in [4.78, 5) is 23.0. The first kappa shape index (κ1) is 16.4. The zero-order chi connectivity index (χ0) is 15.3. The molecular formula is C14H17ClFNO3. The quantitative estimate of drug-likeness (QED) is 0.865. The molecule has 1 rings (SSSR count). The van der Waals surface area contributed by atoms with Crippen LogP contribution in [-0.4, -0.2) is 17.5 Å². The van der Waals surface area contributed by atoms with Gasteiger partial charge in [0.25, 0.3) is 0 Å². The minimum atomic E-state index is -0.614. The average molecular weight is 302 g/mol. The zero-order valence-electron chi connectivity index (χ0n) is 11.6. The van der Waals surface area contributed by atoms with Crippen LogP contribution in [0, 0.1) is 5.82 Å². The normalized spacial score (nSPS) is 11.1. The van der Waals surface area contributed by atoms with Crippen molar-refractivity contribution in [3.05, 3.63) is 29.0 Å². The van der Waals surface area contributed by atoms with Gasteiger partial charge in [0.2, 0.25) is 5.91 Å². The molecule has 0 saturated heterocycles. The molecule has 1 aromatic rings. The van der Waals surface area contributed by atoms with E-state index in [1.807, 2.05) is 0 Å². The Morgan fingerprint density at radius 2 is 1.95 bits per heavy atom. The third kappa shape index (κ3) is 6.02. The molecule has 20 heavy (non-hydrogen) atoms. The van der Waals surface area contributed by atoms with E-state index in [4.69, 9.17) is 16.3 Å². The molecule has 0 bridgehead atoms. The molecular weight excluding hydrogens is 285 g/mol. The lowest BCUT2D eigenvalue weighted by Crippen LogP contribution is -2.24. The molecule has 4 nitrogen and oxygen atoms in total. The Bertz CT molecular complexity index is 512. The van der Waals surface area contributed by atoms with Crippen LogP contribution in [0.4, 0.5) is 10.1 Å². The van der Waals surface area contributed by atoms with Crippen LogP contribution in [0.5, 0.6) is 0 Å². The summed E-state index contributed by atoms with van der Waals surface area (Å²) < 4.78 is 18.2. The van der Waals surface area contributed by atoms with E-state index in [2.05, 4.69) is 5.32 Å². The van der Waals surface area contributed by atoms with Crippen molar-refractivity contribution in [1.29, 1.82) is 0 Å². The van der Waals surface area contributed by atoms with Crippen molar-refractivity contribution < 1.29 is 18.7 Å². The first-order valence-electron chi connectivity index (χ1n) is 6.14. The Kier molecular flexibility index (Phi) is 5.51. The molecule has 0 aliphatic carbocycles. The van der Waals surface area contributed by atoms with Gasteiger partial charge < -0.3 is 10.1 Å². The van der Waals surface area contributed by atoms with E-state index in [1.54, 1.807) is 20.8 Å². The lowest BCUT2D eigenvalue weighted by Gasteiger charge is -2.19. The number of rotatable bonds is 4. The number of carbonyl (C=O) groups excluding carboxylic acids is 2. The number of ether oxygens (including phenoxy) is 1. The lowest BCUT2D eigenvalue weighted by atomic mass is 10.2. The van der Waals surface area contributed by atoms with Crippen LogP contribution in [-0.2, 0) is 14.3 Å². The van der Waals surface area contributed by atoms with Crippen molar-refractivity contribution in [2.45, 2.75) is 39.2 Å². The minimum absolute atomic E-state index is 0.0169.